The summed E-state index contributed by atoms with van der Waals surface area (Å²) in [7, 11) is 3.19. The number of carbonyl (C=O) groups excluding carboxylic acids is 1. The molecule has 0 radical (unpaired) electrons. The Morgan fingerprint density at radius 3 is 2.72 bits per heavy atom. The zero-order valence-electron chi connectivity index (χ0n) is 15.7. The minimum absolute atomic E-state index is 0.265. The molecule has 0 aliphatic rings. The number of anilines is 1. The lowest BCUT2D eigenvalue weighted by Crippen LogP contribution is -2.12. The van der Waals surface area contributed by atoms with E-state index in [9.17, 15) is 4.79 Å². The van der Waals surface area contributed by atoms with Crippen LogP contribution in [-0.2, 0) is 7.05 Å². The minimum atomic E-state index is -0.316. The lowest BCUT2D eigenvalue weighted by Gasteiger charge is -2.08. The summed E-state index contributed by atoms with van der Waals surface area (Å²) in [4.78, 5) is 20.7. The van der Waals surface area contributed by atoms with Crippen molar-refractivity contribution in [2.75, 3.05) is 12.4 Å². The summed E-state index contributed by atoms with van der Waals surface area (Å²) in [5, 5.41) is 11.0. The highest BCUT2D eigenvalue weighted by Crippen LogP contribution is 2.23. The number of methoxy groups -OCH3 is 1. The predicted molar refractivity (Wildman–Crippen MR) is 103 cm³/mol. The molecule has 0 atom stereocenters. The Labute approximate surface area is 165 Å². The van der Waals surface area contributed by atoms with Crippen molar-refractivity contribution in [3.63, 3.8) is 0 Å². The fourth-order valence-electron chi connectivity index (χ4n) is 2.62. The van der Waals surface area contributed by atoms with Gasteiger partial charge in [0.25, 0.3) is 5.91 Å². The molecular formula is C19H17N7O3. The molecule has 3 heterocycles. The maximum absolute atomic E-state index is 12.4. The SMILES string of the molecule is COc1nn(C)cc1C(=O)Nc1ccc(Oc2cc(-n3cccn3)ncn2)cc1. The smallest absolute Gasteiger partial charge is 0.262 e. The fourth-order valence-corrected chi connectivity index (χ4v) is 2.62. The predicted octanol–water partition coefficient (Wildman–Crippen LogP) is 2.45. The molecule has 1 aromatic carbocycles. The van der Waals surface area contributed by atoms with E-state index in [-0.39, 0.29) is 11.8 Å². The molecule has 1 amide bonds. The average molecular weight is 391 g/mol. The van der Waals surface area contributed by atoms with Gasteiger partial charge >= 0.3 is 0 Å². The molecule has 0 spiro atoms. The summed E-state index contributed by atoms with van der Waals surface area (Å²) >= 11 is 0. The van der Waals surface area contributed by atoms with Gasteiger partial charge in [0.2, 0.25) is 11.8 Å². The Balaban J connectivity index is 1.44. The normalized spacial score (nSPS) is 10.6. The molecule has 10 nitrogen and oxygen atoms in total. The van der Waals surface area contributed by atoms with Crippen molar-refractivity contribution in [2.24, 2.45) is 7.05 Å². The first-order valence-corrected chi connectivity index (χ1v) is 8.61. The molecule has 0 unspecified atom stereocenters. The van der Waals surface area contributed by atoms with E-state index in [4.69, 9.17) is 9.47 Å². The summed E-state index contributed by atoms with van der Waals surface area (Å²) in [5.74, 6) is 1.48. The number of aromatic nitrogens is 6. The van der Waals surface area contributed by atoms with Gasteiger partial charge in [0.05, 0.1) is 7.11 Å². The Hall–Kier alpha value is -4.21. The van der Waals surface area contributed by atoms with Crippen LogP contribution in [0.1, 0.15) is 10.4 Å². The van der Waals surface area contributed by atoms with E-state index in [1.54, 1.807) is 66.7 Å². The van der Waals surface area contributed by atoms with Gasteiger partial charge in [0.15, 0.2) is 5.82 Å². The van der Waals surface area contributed by atoms with Crippen LogP contribution >= 0.6 is 0 Å². The summed E-state index contributed by atoms with van der Waals surface area (Å²) in [6.07, 6.45) is 6.44. The first kappa shape index (κ1) is 18.2. The highest BCUT2D eigenvalue weighted by Gasteiger charge is 2.16. The van der Waals surface area contributed by atoms with Crippen molar-refractivity contribution >= 4 is 11.6 Å². The molecule has 0 fully saturated rings. The van der Waals surface area contributed by atoms with Crippen molar-refractivity contribution in [2.45, 2.75) is 0 Å². The maximum Gasteiger partial charge on any atom is 0.262 e. The largest absolute Gasteiger partial charge is 0.479 e. The van der Waals surface area contributed by atoms with Gasteiger partial charge < -0.3 is 14.8 Å². The van der Waals surface area contributed by atoms with Gasteiger partial charge in [0, 0.05) is 37.4 Å². The number of hydrogen-bond acceptors (Lipinski definition) is 7. The van der Waals surface area contributed by atoms with Crippen LogP contribution in [0.5, 0.6) is 17.5 Å². The van der Waals surface area contributed by atoms with Gasteiger partial charge in [-0.05, 0) is 30.3 Å². The number of ether oxygens (including phenoxy) is 2. The minimum Gasteiger partial charge on any atom is -0.479 e. The standard InChI is InChI=1S/C19H17N7O3/c1-25-11-15(19(24-25)28-2)18(27)23-13-4-6-14(7-5-13)29-17-10-16(20-12-21-17)26-9-3-8-22-26/h3-12H,1-2H3,(H,23,27). The summed E-state index contributed by atoms with van der Waals surface area (Å²) in [6.45, 7) is 0. The highest BCUT2D eigenvalue weighted by molar-refractivity contribution is 6.05. The number of benzene rings is 1. The second-order valence-corrected chi connectivity index (χ2v) is 5.97. The number of carbonyl (C=O) groups is 1. The summed E-state index contributed by atoms with van der Waals surface area (Å²) < 4.78 is 14.0. The topological polar surface area (TPSA) is 109 Å². The zero-order chi connectivity index (χ0) is 20.2. The molecule has 4 rings (SSSR count). The third-order valence-corrected chi connectivity index (χ3v) is 3.93. The summed E-state index contributed by atoms with van der Waals surface area (Å²) in [5.41, 5.74) is 0.954. The number of nitrogens with one attached hydrogen (secondary N) is 1. The molecule has 0 aliphatic heterocycles. The molecule has 146 valence electrons. The van der Waals surface area contributed by atoms with Crippen LogP contribution in [0, 0.1) is 0 Å². The first-order valence-electron chi connectivity index (χ1n) is 8.61. The number of hydrogen-bond donors (Lipinski definition) is 1. The van der Waals surface area contributed by atoms with Gasteiger partial charge in [-0.3, -0.25) is 9.48 Å². The van der Waals surface area contributed by atoms with Gasteiger partial charge in [-0.15, -0.1) is 5.10 Å². The highest BCUT2D eigenvalue weighted by atomic mass is 16.5. The number of nitrogens with zero attached hydrogens (tertiary/aromatic N) is 6. The third-order valence-electron chi connectivity index (χ3n) is 3.93. The van der Waals surface area contributed by atoms with Crippen LogP contribution in [0.25, 0.3) is 5.82 Å². The van der Waals surface area contributed by atoms with E-state index in [0.29, 0.717) is 28.7 Å². The van der Waals surface area contributed by atoms with Crippen LogP contribution in [-0.4, -0.2) is 42.5 Å². The van der Waals surface area contributed by atoms with E-state index >= 15 is 0 Å². The molecule has 1 N–H and O–H groups in total. The van der Waals surface area contributed by atoms with Crippen molar-refractivity contribution in [1.29, 1.82) is 0 Å². The zero-order valence-corrected chi connectivity index (χ0v) is 15.7. The van der Waals surface area contributed by atoms with Gasteiger partial charge in [-0.1, -0.05) is 0 Å². The molecule has 10 heteroatoms. The lowest BCUT2D eigenvalue weighted by molar-refractivity contribution is 0.102. The number of rotatable bonds is 6. The van der Waals surface area contributed by atoms with Gasteiger partial charge in [-0.2, -0.15) is 5.10 Å². The molecule has 0 saturated carbocycles. The molecular weight excluding hydrogens is 374 g/mol. The number of aryl methyl sites for hydroxylation is 1. The van der Waals surface area contributed by atoms with Crippen LogP contribution in [0.3, 0.4) is 0 Å². The molecule has 4 aromatic rings. The monoisotopic (exact) mass is 391 g/mol. The summed E-state index contributed by atoms with van der Waals surface area (Å²) in [6, 6.07) is 10.4. The lowest BCUT2D eigenvalue weighted by atomic mass is 10.2. The number of amides is 1. The molecule has 0 bridgehead atoms. The Bertz CT molecular complexity index is 1120. The fraction of sp³-hybridized carbons (Fsp3) is 0.105. The van der Waals surface area contributed by atoms with Crippen molar-refractivity contribution in [3.8, 4) is 23.3 Å². The van der Waals surface area contributed by atoms with Crippen LogP contribution in [0.15, 0.2) is 61.3 Å². The van der Waals surface area contributed by atoms with Gasteiger partial charge in [-0.25, -0.2) is 14.6 Å². The average Bonchev–Trinajstić information content (AvgIpc) is 3.39. The van der Waals surface area contributed by atoms with Gasteiger partial charge in [0.1, 0.15) is 17.6 Å². The quantitative estimate of drug-likeness (QED) is 0.538. The van der Waals surface area contributed by atoms with Crippen LogP contribution in [0.2, 0.25) is 0 Å². The Morgan fingerprint density at radius 1 is 1.17 bits per heavy atom. The molecule has 0 saturated heterocycles. The van der Waals surface area contributed by atoms with E-state index in [2.05, 4.69) is 25.5 Å². The van der Waals surface area contributed by atoms with E-state index in [0.717, 1.165) is 0 Å². The van der Waals surface area contributed by atoms with Crippen molar-refractivity contribution in [1.82, 2.24) is 29.5 Å². The molecule has 3 aromatic heterocycles. The second kappa shape index (κ2) is 7.80. The van der Waals surface area contributed by atoms with Crippen molar-refractivity contribution in [3.05, 3.63) is 66.9 Å². The van der Waals surface area contributed by atoms with Crippen LogP contribution < -0.4 is 14.8 Å². The van der Waals surface area contributed by atoms with Crippen molar-refractivity contribution < 1.29 is 14.3 Å². The Morgan fingerprint density at radius 2 is 2.00 bits per heavy atom. The van der Waals surface area contributed by atoms with Crippen LogP contribution in [0.4, 0.5) is 5.69 Å². The maximum atomic E-state index is 12.4. The Kier molecular flexibility index (Phi) is 4.89. The third kappa shape index (κ3) is 4.05. The first-order chi connectivity index (χ1) is 14.1. The molecule has 0 aliphatic carbocycles. The van der Waals surface area contributed by atoms with E-state index in [1.807, 2.05) is 0 Å². The van der Waals surface area contributed by atoms with E-state index in [1.165, 1.54) is 18.1 Å². The second-order valence-electron chi connectivity index (χ2n) is 5.97. The van der Waals surface area contributed by atoms with E-state index < -0.39 is 0 Å². The molecule has 29 heavy (non-hydrogen) atoms.